The van der Waals surface area contributed by atoms with Crippen LogP contribution in [0.25, 0.3) is 0 Å². The zero-order valence-corrected chi connectivity index (χ0v) is 11.9. The molecule has 0 atom stereocenters. The second-order valence-electron chi connectivity index (χ2n) is 1.73. The fraction of sp³-hybridized carbons (Fsp3) is 0.667. The van der Waals surface area contributed by atoms with Gasteiger partial charge in [-0.25, -0.2) is 0 Å². The van der Waals surface area contributed by atoms with Crippen molar-refractivity contribution in [3.8, 4) is 0 Å². The number of carboxylic acid groups (broad SMARTS) is 2. The number of rotatable bonds is 4. The molecule has 7 heteroatoms. The summed E-state index contributed by atoms with van der Waals surface area (Å²) in [5, 5.41) is 15.7. The molecule has 0 rings (SSSR count). The minimum atomic E-state index is -0.787. The first kappa shape index (κ1) is 18.9. The summed E-state index contributed by atoms with van der Waals surface area (Å²) in [5.41, 5.74) is 0. The van der Waals surface area contributed by atoms with Crippen LogP contribution in [0.1, 0.15) is 12.8 Å². The van der Waals surface area contributed by atoms with Crippen molar-refractivity contribution in [1.29, 1.82) is 0 Å². The third kappa shape index (κ3) is 32.9. The Morgan fingerprint density at radius 1 is 0.923 bits per heavy atom. The number of aliphatic carboxylic acids is 2. The van der Waals surface area contributed by atoms with Crippen LogP contribution >= 0.6 is 25.3 Å². The third-order valence-electron chi connectivity index (χ3n) is 0.651. The van der Waals surface area contributed by atoms with Gasteiger partial charge in [0.15, 0.2) is 0 Å². The molecule has 0 aromatic carbocycles. The summed E-state index contributed by atoms with van der Waals surface area (Å²) in [6.45, 7) is 0. The van der Waals surface area contributed by atoms with Crippen molar-refractivity contribution in [3.63, 3.8) is 0 Å². The van der Waals surface area contributed by atoms with Gasteiger partial charge in [-0.05, 0) is 0 Å². The normalized spacial score (nSPS) is 7.54. The quantitative estimate of drug-likeness (QED) is 0.453. The van der Waals surface area contributed by atoms with Gasteiger partial charge in [-0.2, -0.15) is 25.3 Å². The van der Waals surface area contributed by atoms with Crippen LogP contribution in [0.4, 0.5) is 0 Å². The van der Waals surface area contributed by atoms with E-state index < -0.39 is 11.9 Å². The van der Waals surface area contributed by atoms with Gasteiger partial charge in [0.05, 0.1) is 12.8 Å². The second kappa shape index (κ2) is 14.8. The van der Waals surface area contributed by atoms with Crippen LogP contribution in [0.15, 0.2) is 0 Å². The van der Waals surface area contributed by atoms with Crippen molar-refractivity contribution in [2.24, 2.45) is 0 Å². The van der Waals surface area contributed by atoms with Crippen molar-refractivity contribution in [1.82, 2.24) is 0 Å². The number of hydrogen-bond acceptors (Lipinski definition) is 4. The van der Waals surface area contributed by atoms with Crippen LogP contribution in [0, 0.1) is 0 Å². The van der Waals surface area contributed by atoms with Crippen molar-refractivity contribution in [2.75, 3.05) is 11.5 Å². The topological polar surface area (TPSA) is 74.6 Å². The molecule has 0 heterocycles. The summed E-state index contributed by atoms with van der Waals surface area (Å²) in [4.78, 5) is 19.1. The van der Waals surface area contributed by atoms with Crippen molar-refractivity contribution < 1.29 is 39.3 Å². The van der Waals surface area contributed by atoms with Gasteiger partial charge in [-0.15, -0.1) is 0 Å². The van der Waals surface area contributed by atoms with Gasteiger partial charge >= 0.3 is 11.9 Å². The van der Waals surface area contributed by atoms with Gasteiger partial charge in [0, 0.05) is 31.0 Å². The SMILES string of the molecule is O=C(O)CCS.O=C(O)CCS.[Zn]. The van der Waals surface area contributed by atoms with Crippen LogP contribution in [-0.4, -0.2) is 33.7 Å². The summed E-state index contributed by atoms with van der Waals surface area (Å²) in [5.74, 6) is -0.722. The molecule has 74 valence electrons. The Morgan fingerprint density at radius 3 is 1.15 bits per heavy atom. The van der Waals surface area contributed by atoms with Gasteiger partial charge in [0.2, 0.25) is 0 Å². The molecule has 0 bridgehead atoms. The van der Waals surface area contributed by atoms with Gasteiger partial charge < -0.3 is 10.2 Å². The van der Waals surface area contributed by atoms with Crippen LogP contribution < -0.4 is 0 Å². The Bertz CT molecular complexity index is 127. The van der Waals surface area contributed by atoms with E-state index in [1.807, 2.05) is 0 Å². The first-order chi connectivity index (χ1) is 5.54. The number of carboxylic acids is 2. The number of thiol groups is 2. The zero-order chi connectivity index (χ0) is 9.98. The first-order valence-corrected chi connectivity index (χ1v) is 4.46. The van der Waals surface area contributed by atoms with E-state index >= 15 is 0 Å². The minimum Gasteiger partial charge on any atom is -0.481 e. The molecule has 13 heavy (non-hydrogen) atoms. The minimum absolute atomic E-state index is 0. The Labute approximate surface area is 101 Å². The van der Waals surface area contributed by atoms with Gasteiger partial charge in [-0.1, -0.05) is 0 Å². The average molecular weight is 278 g/mol. The second-order valence-corrected chi connectivity index (χ2v) is 2.63. The Kier molecular flexibility index (Phi) is 21.5. The van der Waals surface area contributed by atoms with E-state index in [-0.39, 0.29) is 32.3 Å². The molecule has 0 aliphatic rings. The summed E-state index contributed by atoms with van der Waals surface area (Å²) in [6, 6.07) is 0. The summed E-state index contributed by atoms with van der Waals surface area (Å²) >= 11 is 7.36. The van der Waals surface area contributed by atoms with E-state index in [0.29, 0.717) is 11.5 Å². The summed E-state index contributed by atoms with van der Waals surface area (Å²) < 4.78 is 0. The van der Waals surface area contributed by atoms with Gasteiger partial charge in [0.1, 0.15) is 0 Å². The maximum absolute atomic E-state index is 9.55. The molecule has 0 aliphatic carbocycles. The molecule has 0 radical (unpaired) electrons. The van der Waals surface area contributed by atoms with Crippen LogP contribution in [0.3, 0.4) is 0 Å². The Hall–Kier alpha value is 0.263. The predicted molar refractivity (Wildman–Crippen MR) is 52.2 cm³/mol. The Morgan fingerprint density at radius 2 is 1.15 bits per heavy atom. The molecule has 0 fully saturated rings. The number of carbonyl (C=O) groups is 2. The molecule has 0 spiro atoms. The fourth-order valence-corrected chi connectivity index (χ4v) is 0.574. The third-order valence-corrected chi connectivity index (χ3v) is 1.10. The van der Waals surface area contributed by atoms with Crippen LogP contribution in [0.2, 0.25) is 0 Å². The van der Waals surface area contributed by atoms with E-state index in [4.69, 9.17) is 10.2 Å². The molecular weight excluding hydrogens is 266 g/mol. The van der Waals surface area contributed by atoms with Crippen molar-refractivity contribution >= 4 is 37.2 Å². The standard InChI is InChI=1S/2C3H6O2S.Zn/c2*4-3(5)1-2-6;/h2*6H,1-2H2,(H,4,5);. The molecule has 0 aromatic rings. The molecule has 0 aromatic heterocycles. The fourth-order valence-electron chi connectivity index (χ4n) is 0.191. The van der Waals surface area contributed by atoms with E-state index in [0.717, 1.165) is 0 Å². The van der Waals surface area contributed by atoms with E-state index in [2.05, 4.69) is 25.3 Å². The molecule has 2 N–H and O–H groups in total. The van der Waals surface area contributed by atoms with Gasteiger partial charge in [0.25, 0.3) is 0 Å². The van der Waals surface area contributed by atoms with E-state index in [1.165, 1.54) is 0 Å². The zero-order valence-electron chi connectivity index (χ0n) is 7.14. The average Bonchev–Trinajstić information content (AvgIpc) is 1.87. The first-order valence-electron chi connectivity index (χ1n) is 3.20. The molecular formula is C6H12O4S2Zn. The molecule has 0 unspecified atom stereocenters. The Balaban J connectivity index is -0.000000143. The monoisotopic (exact) mass is 276 g/mol. The summed E-state index contributed by atoms with van der Waals surface area (Å²) in [6.07, 6.45) is 0.312. The molecule has 0 saturated carbocycles. The van der Waals surface area contributed by atoms with E-state index in [1.54, 1.807) is 0 Å². The molecule has 0 amide bonds. The number of hydrogen-bond donors (Lipinski definition) is 4. The maximum Gasteiger partial charge on any atom is 0.304 e. The van der Waals surface area contributed by atoms with E-state index in [9.17, 15) is 9.59 Å². The van der Waals surface area contributed by atoms with Gasteiger partial charge in [-0.3, -0.25) is 9.59 Å². The maximum atomic E-state index is 9.55. The smallest absolute Gasteiger partial charge is 0.304 e. The summed E-state index contributed by atoms with van der Waals surface area (Å²) in [7, 11) is 0. The molecule has 0 saturated heterocycles. The predicted octanol–water partition coefficient (Wildman–Crippen LogP) is 0.779. The van der Waals surface area contributed by atoms with Crippen molar-refractivity contribution in [2.45, 2.75) is 12.8 Å². The van der Waals surface area contributed by atoms with Crippen LogP contribution in [0.5, 0.6) is 0 Å². The largest absolute Gasteiger partial charge is 0.481 e. The van der Waals surface area contributed by atoms with Crippen molar-refractivity contribution in [3.05, 3.63) is 0 Å². The molecule has 4 nitrogen and oxygen atoms in total. The molecule has 0 aliphatic heterocycles. The van der Waals surface area contributed by atoms with Crippen LogP contribution in [-0.2, 0) is 29.1 Å².